The predicted octanol–water partition coefficient (Wildman–Crippen LogP) is 1.94. The number of rotatable bonds is 0. The van der Waals surface area contributed by atoms with Crippen LogP contribution in [0.3, 0.4) is 0 Å². The maximum absolute atomic E-state index is 9.33. The largest absolute Gasteiger partial charge is 0.507 e. The number of aromatic hydroxyl groups is 1. The Hall–Kier alpha value is 0.0200. The summed E-state index contributed by atoms with van der Waals surface area (Å²) in [5.74, 6) is 0.422. The topological polar surface area (TPSA) is 20.2 Å². The van der Waals surface area contributed by atoms with Crippen LogP contribution in [-0.2, 0) is 0 Å². The number of hydrogen-bond acceptors (Lipinski definition) is 1. The number of phenolic OH excluding ortho intramolecular Hbond substituents is 1. The Morgan fingerprint density at radius 2 is 1.36 bits per heavy atom. The third-order valence-corrected chi connectivity index (χ3v) is 1.64. The second-order valence-corrected chi connectivity index (χ2v) is 2.75. The Morgan fingerprint density at radius 3 is 1.73 bits per heavy atom. The zero-order valence-electron chi connectivity index (χ0n) is 7.60. The average Bonchev–Trinajstić information content (AvgIpc) is 1.82. The Balaban J connectivity index is 0.000001000. The maximum atomic E-state index is 9.33. The van der Waals surface area contributed by atoms with Crippen molar-refractivity contribution in [3.8, 4) is 5.75 Å². The van der Waals surface area contributed by atoms with Crippen LogP contribution in [0, 0.1) is 20.8 Å². The van der Waals surface area contributed by atoms with E-state index in [1.54, 1.807) is 0 Å². The standard InChI is InChI=1S/C9H12O.Na/c1-6-4-7(2)9(10)8(3)5-6;/h4-5,10H,1-3H3;. The Morgan fingerprint density at radius 1 is 1.00 bits per heavy atom. The molecule has 0 amide bonds. The molecular formula is C9H12NaO. The first-order valence-corrected chi connectivity index (χ1v) is 3.38. The summed E-state index contributed by atoms with van der Waals surface area (Å²) >= 11 is 0. The first kappa shape index (κ1) is 11.0. The molecule has 0 spiro atoms. The molecular weight excluding hydrogens is 147 g/mol. The first-order valence-electron chi connectivity index (χ1n) is 3.38. The van der Waals surface area contributed by atoms with E-state index < -0.39 is 0 Å². The molecule has 0 aliphatic heterocycles. The molecule has 0 heterocycles. The van der Waals surface area contributed by atoms with Gasteiger partial charge in [0.15, 0.2) is 0 Å². The van der Waals surface area contributed by atoms with Crippen molar-refractivity contribution in [2.75, 3.05) is 0 Å². The summed E-state index contributed by atoms with van der Waals surface area (Å²) in [6.45, 7) is 5.85. The average molecular weight is 159 g/mol. The molecule has 1 radical (unpaired) electrons. The molecule has 0 fully saturated rings. The van der Waals surface area contributed by atoms with Crippen LogP contribution in [0.15, 0.2) is 12.1 Å². The molecule has 1 nitrogen and oxygen atoms in total. The molecule has 55 valence electrons. The Bertz CT molecular complexity index is 233. The fourth-order valence-corrected chi connectivity index (χ4v) is 1.17. The van der Waals surface area contributed by atoms with Crippen LogP contribution in [0.25, 0.3) is 0 Å². The van der Waals surface area contributed by atoms with Crippen molar-refractivity contribution in [2.24, 2.45) is 0 Å². The van der Waals surface area contributed by atoms with Crippen molar-refractivity contribution in [3.05, 3.63) is 28.8 Å². The zero-order valence-corrected chi connectivity index (χ0v) is 9.60. The molecule has 0 aliphatic rings. The van der Waals surface area contributed by atoms with Crippen LogP contribution in [-0.4, -0.2) is 34.7 Å². The smallest absolute Gasteiger partial charge is 0.121 e. The minimum atomic E-state index is 0. The first-order chi connectivity index (χ1) is 4.61. The van der Waals surface area contributed by atoms with E-state index in [9.17, 15) is 5.11 Å². The van der Waals surface area contributed by atoms with E-state index in [1.807, 2.05) is 32.9 Å². The number of hydrogen-bond donors (Lipinski definition) is 1. The van der Waals surface area contributed by atoms with E-state index in [2.05, 4.69) is 0 Å². The minimum Gasteiger partial charge on any atom is -0.507 e. The summed E-state index contributed by atoms with van der Waals surface area (Å²) in [6.07, 6.45) is 0. The second-order valence-electron chi connectivity index (χ2n) is 2.75. The van der Waals surface area contributed by atoms with Crippen LogP contribution in [0.1, 0.15) is 16.7 Å². The Labute approximate surface area is 89.7 Å². The SMILES string of the molecule is Cc1cc(C)c(O)c(C)c1.[Na]. The van der Waals surface area contributed by atoms with E-state index >= 15 is 0 Å². The normalized spacial score (nSPS) is 9.00. The van der Waals surface area contributed by atoms with Gasteiger partial charge >= 0.3 is 0 Å². The van der Waals surface area contributed by atoms with Gasteiger partial charge in [-0.1, -0.05) is 17.7 Å². The van der Waals surface area contributed by atoms with Gasteiger partial charge in [-0.3, -0.25) is 0 Å². The summed E-state index contributed by atoms with van der Waals surface area (Å²) in [5.41, 5.74) is 3.11. The quantitative estimate of drug-likeness (QED) is 0.573. The van der Waals surface area contributed by atoms with Gasteiger partial charge in [0.05, 0.1) is 0 Å². The molecule has 0 saturated heterocycles. The van der Waals surface area contributed by atoms with Crippen molar-refractivity contribution in [2.45, 2.75) is 20.8 Å². The number of phenols is 1. The molecule has 0 aliphatic carbocycles. The van der Waals surface area contributed by atoms with Crippen molar-refractivity contribution < 1.29 is 5.11 Å². The van der Waals surface area contributed by atoms with Crippen LogP contribution in [0.4, 0.5) is 0 Å². The van der Waals surface area contributed by atoms with E-state index in [0.717, 1.165) is 11.1 Å². The number of aryl methyl sites for hydroxylation is 3. The van der Waals surface area contributed by atoms with E-state index in [4.69, 9.17) is 0 Å². The van der Waals surface area contributed by atoms with Gasteiger partial charge in [0, 0.05) is 29.6 Å². The van der Waals surface area contributed by atoms with Gasteiger partial charge in [-0.25, -0.2) is 0 Å². The third-order valence-electron chi connectivity index (χ3n) is 1.64. The predicted molar refractivity (Wildman–Crippen MR) is 48.1 cm³/mol. The van der Waals surface area contributed by atoms with Crippen LogP contribution < -0.4 is 0 Å². The maximum Gasteiger partial charge on any atom is 0.121 e. The second kappa shape index (κ2) is 4.15. The summed E-state index contributed by atoms with van der Waals surface area (Å²) in [7, 11) is 0. The van der Waals surface area contributed by atoms with Gasteiger partial charge in [0.25, 0.3) is 0 Å². The summed E-state index contributed by atoms with van der Waals surface area (Å²) in [6, 6.07) is 3.95. The fourth-order valence-electron chi connectivity index (χ4n) is 1.17. The molecule has 0 unspecified atom stereocenters. The van der Waals surface area contributed by atoms with Crippen LogP contribution >= 0.6 is 0 Å². The van der Waals surface area contributed by atoms with Crippen LogP contribution in [0.5, 0.6) is 5.75 Å². The molecule has 0 saturated carbocycles. The van der Waals surface area contributed by atoms with Crippen molar-refractivity contribution in [1.29, 1.82) is 0 Å². The van der Waals surface area contributed by atoms with Gasteiger partial charge in [-0.15, -0.1) is 0 Å². The molecule has 11 heavy (non-hydrogen) atoms. The summed E-state index contributed by atoms with van der Waals surface area (Å²) in [5, 5.41) is 9.33. The molecule has 1 N–H and O–H groups in total. The van der Waals surface area contributed by atoms with E-state index in [0.29, 0.717) is 5.75 Å². The Kier molecular flexibility index (Phi) is 4.16. The van der Waals surface area contributed by atoms with Crippen molar-refractivity contribution in [1.82, 2.24) is 0 Å². The van der Waals surface area contributed by atoms with E-state index in [-0.39, 0.29) is 29.6 Å². The molecule has 1 aromatic carbocycles. The molecule has 2 heteroatoms. The summed E-state index contributed by atoms with van der Waals surface area (Å²) in [4.78, 5) is 0. The minimum absolute atomic E-state index is 0. The van der Waals surface area contributed by atoms with Gasteiger partial charge < -0.3 is 5.11 Å². The number of benzene rings is 1. The summed E-state index contributed by atoms with van der Waals surface area (Å²) < 4.78 is 0. The fraction of sp³-hybridized carbons (Fsp3) is 0.333. The van der Waals surface area contributed by atoms with E-state index in [1.165, 1.54) is 5.56 Å². The van der Waals surface area contributed by atoms with Gasteiger partial charge in [-0.05, 0) is 31.9 Å². The monoisotopic (exact) mass is 159 g/mol. The molecule has 0 aromatic heterocycles. The van der Waals surface area contributed by atoms with Crippen LogP contribution in [0.2, 0.25) is 0 Å². The molecule has 1 rings (SSSR count). The third kappa shape index (κ3) is 2.51. The van der Waals surface area contributed by atoms with Gasteiger partial charge in [0.2, 0.25) is 0 Å². The van der Waals surface area contributed by atoms with Gasteiger partial charge in [0.1, 0.15) is 5.75 Å². The molecule has 0 atom stereocenters. The molecule has 1 aromatic rings. The zero-order chi connectivity index (χ0) is 7.72. The van der Waals surface area contributed by atoms with Gasteiger partial charge in [-0.2, -0.15) is 0 Å². The van der Waals surface area contributed by atoms with Crippen molar-refractivity contribution >= 4 is 29.6 Å². The molecule has 0 bridgehead atoms. The van der Waals surface area contributed by atoms with Crippen molar-refractivity contribution in [3.63, 3.8) is 0 Å².